The molecule has 0 saturated heterocycles. The molecule has 1 atom stereocenters. The van der Waals surface area contributed by atoms with Crippen LogP contribution >= 0.6 is 23.2 Å². The number of nitrogens with one attached hydrogen (secondary N) is 4. The fraction of sp³-hybridized carbons (Fsp3) is 0.233. The van der Waals surface area contributed by atoms with Crippen LogP contribution in [0.1, 0.15) is 28.6 Å². The molecular formula is C30H32Cl2N6O4. The van der Waals surface area contributed by atoms with Gasteiger partial charge in [0.2, 0.25) is 0 Å². The van der Waals surface area contributed by atoms with Crippen molar-refractivity contribution in [2.75, 3.05) is 25.6 Å². The molecule has 3 amide bonds. The SMILES string of the molecule is COCCOC(=O)Nc1ccc(-c2nc([C@H](Cc3ccccc3)NC(=O)NCc3cc(Cl)ccc3CN)[nH]c2Cl)cc1. The molecule has 12 heteroatoms. The van der Waals surface area contributed by atoms with E-state index in [4.69, 9.17) is 43.4 Å². The van der Waals surface area contributed by atoms with E-state index in [0.717, 1.165) is 22.3 Å². The van der Waals surface area contributed by atoms with Crippen LogP contribution in [0, 0.1) is 0 Å². The number of urea groups is 1. The molecule has 0 radical (unpaired) electrons. The highest BCUT2D eigenvalue weighted by atomic mass is 35.5. The molecule has 0 bridgehead atoms. The number of hydrogen-bond donors (Lipinski definition) is 5. The number of aromatic amines is 1. The van der Waals surface area contributed by atoms with Crippen LogP contribution in [0.2, 0.25) is 10.2 Å². The molecule has 0 unspecified atom stereocenters. The van der Waals surface area contributed by atoms with Crippen LogP contribution in [0.4, 0.5) is 15.3 Å². The Bertz CT molecular complexity index is 1480. The summed E-state index contributed by atoms with van der Waals surface area (Å²) in [4.78, 5) is 32.8. The molecule has 0 spiro atoms. The number of carbonyl (C=O) groups is 2. The van der Waals surface area contributed by atoms with E-state index in [1.54, 1.807) is 36.4 Å². The Labute approximate surface area is 253 Å². The maximum Gasteiger partial charge on any atom is 0.411 e. The maximum absolute atomic E-state index is 13.0. The summed E-state index contributed by atoms with van der Waals surface area (Å²) in [5.74, 6) is 0.489. The van der Waals surface area contributed by atoms with Gasteiger partial charge in [-0.15, -0.1) is 0 Å². The van der Waals surface area contributed by atoms with E-state index in [9.17, 15) is 9.59 Å². The summed E-state index contributed by atoms with van der Waals surface area (Å²) >= 11 is 12.7. The Balaban J connectivity index is 1.48. The van der Waals surface area contributed by atoms with E-state index < -0.39 is 12.1 Å². The summed E-state index contributed by atoms with van der Waals surface area (Å²) in [7, 11) is 1.53. The first-order valence-corrected chi connectivity index (χ1v) is 14.0. The van der Waals surface area contributed by atoms with Crippen molar-refractivity contribution in [1.29, 1.82) is 0 Å². The molecule has 4 rings (SSSR count). The van der Waals surface area contributed by atoms with Crippen LogP contribution in [0.25, 0.3) is 11.3 Å². The van der Waals surface area contributed by atoms with Crippen molar-refractivity contribution in [3.8, 4) is 11.3 Å². The summed E-state index contributed by atoms with van der Waals surface area (Å²) in [6, 6.07) is 21.2. The van der Waals surface area contributed by atoms with Crippen molar-refractivity contribution in [2.45, 2.75) is 25.6 Å². The number of H-pyrrole nitrogens is 1. The molecule has 220 valence electrons. The number of halogens is 2. The Hall–Kier alpha value is -4.09. The second-order valence-corrected chi connectivity index (χ2v) is 10.1. The van der Waals surface area contributed by atoms with Crippen LogP contribution in [0.15, 0.2) is 72.8 Å². The largest absolute Gasteiger partial charge is 0.447 e. The number of nitrogens with two attached hydrogens (primary N) is 1. The quantitative estimate of drug-likeness (QED) is 0.128. The van der Waals surface area contributed by atoms with E-state index in [2.05, 4.69) is 20.9 Å². The average Bonchev–Trinajstić information content (AvgIpc) is 3.38. The second kappa shape index (κ2) is 15.2. The molecule has 10 nitrogen and oxygen atoms in total. The number of nitrogens with zero attached hydrogens (tertiary/aromatic N) is 1. The van der Waals surface area contributed by atoms with Crippen molar-refractivity contribution in [2.24, 2.45) is 5.73 Å². The lowest BCUT2D eigenvalue weighted by atomic mass is 10.1. The first kappa shape index (κ1) is 30.9. The molecule has 1 heterocycles. The number of ether oxygens (including phenoxy) is 2. The van der Waals surface area contributed by atoms with Crippen LogP contribution < -0.4 is 21.7 Å². The Morgan fingerprint density at radius 3 is 2.48 bits per heavy atom. The van der Waals surface area contributed by atoms with Gasteiger partial charge in [0, 0.05) is 36.5 Å². The number of anilines is 1. The van der Waals surface area contributed by atoms with Gasteiger partial charge in [-0.25, -0.2) is 14.6 Å². The van der Waals surface area contributed by atoms with Gasteiger partial charge >= 0.3 is 12.1 Å². The number of carbonyl (C=O) groups excluding carboxylic acids is 2. The zero-order valence-corrected chi connectivity index (χ0v) is 24.5. The monoisotopic (exact) mass is 610 g/mol. The first-order chi connectivity index (χ1) is 20.4. The highest BCUT2D eigenvalue weighted by Gasteiger charge is 2.22. The average molecular weight is 612 g/mol. The molecule has 0 aliphatic rings. The van der Waals surface area contributed by atoms with E-state index in [-0.39, 0.29) is 19.2 Å². The van der Waals surface area contributed by atoms with Crippen LogP contribution in [-0.4, -0.2) is 42.4 Å². The highest BCUT2D eigenvalue weighted by Crippen LogP contribution is 2.29. The normalized spacial score (nSPS) is 11.5. The Kier molecular flexibility index (Phi) is 11.2. The number of rotatable bonds is 12. The molecule has 1 aromatic heterocycles. The zero-order valence-electron chi connectivity index (χ0n) is 23.0. The van der Waals surface area contributed by atoms with Gasteiger partial charge in [0.1, 0.15) is 23.3 Å². The Morgan fingerprint density at radius 1 is 1.00 bits per heavy atom. The summed E-state index contributed by atoms with van der Waals surface area (Å²) in [6.45, 7) is 1.04. The number of amides is 3. The molecule has 0 aliphatic carbocycles. The molecule has 3 aromatic carbocycles. The number of imidazole rings is 1. The van der Waals surface area contributed by atoms with Gasteiger partial charge in [0.15, 0.2) is 0 Å². The first-order valence-electron chi connectivity index (χ1n) is 13.2. The summed E-state index contributed by atoms with van der Waals surface area (Å²) in [5.41, 5.74) is 10.4. The minimum atomic E-state index is -0.581. The topological polar surface area (TPSA) is 143 Å². The van der Waals surface area contributed by atoms with Gasteiger partial charge < -0.3 is 30.8 Å². The number of benzene rings is 3. The molecular weight excluding hydrogens is 579 g/mol. The van der Waals surface area contributed by atoms with Crippen molar-refractivity contribution < 1.29 is 19.1 Å². The van der Waals surface area contributed by atoms with E-state index in [1.165, 1.54) is 7.11 Å². The van der Waals surface area contributed by atoms with Gasteiger partial charge in [-0.3, -0.25) is 5.32 Å². The minimum Gasteiger partial charge on any atom is -0.447 e. The third-order valence-corrected chi connectivity index (χ3v) is 6.86. The summed E-state index contributed by atoms with van der Waals surface area (Å²) < 4.78 is 9.90. The molecule has 4 aromatic rings. The van der Waals surface area contributed by atoms with E-state index in [1.807, 2.05) is 36.4 Å². The predicted octanol–water partition coefficient (Wildman–Crippen LogP) is 5.82. The van der Waals surface area contributed by atoms with Crippen molar-refractivity contribution >= 4 is 41.0 Å². The molecule has 0 aliphatic heterocycles. The maximum atomic E-state index is 13.0. The zero-order chi connectivity index (χ0) is 29.9. The summed E-state index contributed by atoms with van der Waals surface area (Å²) in [5, 5.41) is 9.43. The van der Waals surface area contributed by atoms with Crippen molar-refractivity contribution in [3.05, 3.63) is 105 Å². The second-order valence-electron chi connectivity index (χ2n) is 9.30. The van der Waals surface area contributed by atoms with Crippen LogP contribution in [0.5, 0.6) is 0 Å². The molecule has 0 fully saturated rings. The predicted molar refractivity (Wildman–Crippen MR) is 163 cm³/mol. The molecule has 42 heavy (non-hydrogen) atoms. The number of methoxy groups -OCH3 is 1. The van der Waals surface area contributed by atoms with Gasteiger partial charge in [-0.1, -0.05) is 71.7 Å². The summed E-state index contributed by atoms with van der Waals surface area (Å²) in [6.07, 6.45) is -0.112. The van der Waals surface area contributed by atoms with Gasteiger partial charge in [-0.05, 0) is 47.4 Å². The molecule has 0 saturated carbocycles. The Morgan fingerprint density at radius 2 is 1.76 bits per heavy atom. The minimum absolute atomic E-state index is 0.150. The van der Waals surface area contributed by atoms with Crippen molar-refractivity contribution in [3.63, 3.8) is 0 Å². The standard InChI is InChI=1S/C30H32Cl2N6O4/c1-41-13-14-42-30(40)35-24-11-8-20(9-12-24)26-27(32)38-28(37-26)25(15-19-5-3-2-4-6-19)36-29(39)34-18-22-16-23(31)10-7-21(22)17-33/h2-12,16,25H,13-15,17-18,33H2,1H3,(H,35,40)(H,37,38)(H2,34,36,39)/t25-/m0/s1. The van der Waals surface area contributed by atoms with Crippen LogP contribution in [0.3, 0.4) is 0 Å². The number of hydrogen-bond acceptors (Lipinski definition) is 6. The van der Waals surface area contributed by atoms with Gasteiger partial charge in [0.05, 0.1) is 12.6 Å². The van der Waals surface area contributed by atoms with Crippen molar-refractivity contribution in [1.82, 2.24) is 20.6 Å². The highest BCUT2D eigenvalue weighted by molar-refractivity contribution is 6.32. The third kappa shape index (κ3) is 8.70. The van der Waals surface area contributed by atoms with Crippen LogP contribution in [-0.2, 0) is 29.0 Å². The third-order valence-electron chi connectivity index (χ3n) is 6.35. The lowest BCUT2D eigenvalue weighted by Crippen LogP contribution is -2.39. The van der Waals surface area contributed by atoms with Gasteiger partial charge in [-0.2, -0.15) is 0 Å². The van der Waals surface area contributed by atoms with Gasteiger partial charge in [0.25, 0.3) is 0 Å². The van der Waals surface area contributed by atoms with E-state index >= 15 is 0 Å². The fourth-order valence-corrected chi connectivity index (χ4v) is 4.66. The molecule has 6 N–H and O–H groups in total. The number of aromatic nitrogens is 2. The lowest BCUT2D eigenvalue weighted by molar-refractivity contribution is 0.107. The lowest BCUT2D eigenvalue weighted by Gasteiger charge is -2.18. The fourth-order valence-electron chi connectivity index (χ4n) is 4.22. The smallest absolute Gasteiger partial charge is 0.411 e. The van der Waals surface area contributed by atoms with E-state index in [0.29, 0.717) is 47.0 Å².